The smallest absolute Gasteiger partial charge is 0.0787 e. The molecule has 0 saturated carbocycles. The van der Waals surface area contributed by atoms with Crippen molar-refractivity contribution < 1.29 is 9.47 Å². The molecule has 4 nitrogen and oxygen atoms in total. The van der Waals surface area contributed by atoms with Crippen LogP contribution in [0.25, 0.3) is 0 Å². The number of rotatable bonds is 11. The summed E-state index contributed by atoms with van der Waals surface area (Å²) in [6.07, 6.45) is 1.14. The molecular weight excluding hydrogens is 228 g/mol. The lowest BCUT2D eigenvalue weighted by Gasteiger charge is -2.37. The molecule has 4 heteroatoms. The maximum atomic E-state index is 5.63. The molecule has 0 aromatic rings. The molecule has 1 unspecified atom stereocenters. The Hall–Kier alpha value is -0.160. The third-order valence-corrected chi connectivity index (χ3v) is 3.51. The zero-order valence-corrected chi connectivity index (χ0v) is 13.1. The van der Waals surface area contributed by atoms with Crippen molar-refractivity contribution >= 4 is 0 Å². The van der Waals surface area contributed by atoms with E-state index in [0.29, 0.717) is 6.04 Å². The average Bonchev–Trinajstić information content (AvgIpc) is 2.37. The van der Waals surface area contributed by atoms with Crippen molar-refractivity contribution in [2.45, 2.75) is 45.8 Å². The molecule has 0 heterocycles. The predicted octanol–water partition coefficient (Wildman–Crippen LogP) is 1.75. The molecule has 0 bridgehead atoms. The third-order valence-electron chi connectivity index (χ3n) is 3.51. The van der Waals surface area contributed by atoms with Gasteiger partial charge in [-0.2, -0.15) is 0 Å². The number of hydrogen-bond acceptors (Lipinski definition) is 4. The summed E-state index contributed by atoms with van der Waals surface area (Å²) in [5.41, 5.74) is -0.157. The van der Waals surface area contributed by atoms with E-state index in [-0.39, 0.29) is 5.60 Å². The first-order valence-corrected chi connectivity index (χ1v) is 7.01. The summed E-state index contributed by atoms with van der Waals surface area (Å²) in [7, 11) is 3.53. The van der Waals surface area contributed by atoms with Crippen LogP contribution in [0, 0.1) is 0 Å². The van der Waals surface area contributed by atoms with E-state index in [2.05, 4.69) is 37.9 Å². The summed E-state index contributed by atoms with van der Waals surface area (Å²) in [5.74, 6) is 0. The number of ether oxygens (including phenoxy) is 2. The van der Waals surface area contributed by atoms with Crippen LogP contribution >= 0.6 is 0 Å². The van der Waals surface area contributed by atoms with E-state index in [1.807, 2.05) is 0 Å². The van der Waals surface area contributed by atoms with Crippen molar-refractivity contribution in [2.75, 3.05) is 47.0 Å². The van der Waals surface area contributed by atoms with E-state index in [4.69, 9.17) is 9.47 Å². The number of nitrogens with zero attached hydrogens (tertiary/aromatic N) is 1. The molecule has 0 rings (SSSR count). The van der Waals surface area contributed by atoms with Crippen LogP contribution in [-0.2, 0) is 9.47 Å². The van der Waals surface area contributed by atoms with Crippen molar-refractivity contribution in [3.8, 4) is 0 Å². The first-order chi connectivity index (χ1) is 8.51. The highest BCUT2D eigenvalue weighted by atomic mass is 16.5. The van der Waals surface area contributed by atoms with Crippen LogP contribution < -0.4 is 5.32 Å². The van der Waals surface area contributed by atoms with E-state index >= 15 is 0 Å². The van der Waals surface area contributed by atoms with Gasteiger partial charge in [0.05, 0.1) is 12.2 Å². The normalized spacial score (nSPS) is 14.2. The highest BCUT2D eigenvalue weighted by molar-refractivity contribution is 4.87. The zero-order chi connectivity index (χ0) is 14.0. The number of hydrogen-bond donors (Lipinski definition) is 1. The summed E-state index contributed by atoms with van der Waals surface area (Å²) in [6, 6.07) is 0.333. The quantitative estimate of drug-likeness (QED) is 0.614. The molecule has 0 spiro atoms. The largest absolute Gasteiger partial charge is 0.383 e. The average molecular weight is 260 g/mol. The number of nitrogens with one attached hydrogen (secondary N) is 1. The van der Waals surface area contributed by atoms with Gasteiger partial charge in [0, 0.05) is 33.4 Å². The van der Waals surface area contributed by atoms with Crippen molar-refractivity contribution in [1.29, 1.82) is 0 Å². The SMILES string of the molecule is CCCNC(CN(CC)CCOC)C(C)(C)OC. The second-order valence-electron chi connectivity index (χ2n) is 5.20. The van der Waals surface area contributed by atoms with Crippen molar-refractivity contribution in [3.63, 3.8) is 0 Å². The Bertz CT molecular complexity index is 198. The van der Waals surface area contributed by atoms with Gasteiger partial charge in [-0.15, -0.1) is 0 Å². The maximum absolute atomic E-state index is 5.63. The monoisotopic (exact) mass is 260 g/mol. The fourth-order valence-electron chi connectivity index (χ4n) is 1.85. The highest BCUT2D eigenvalue weighted by Gasteiger charge is 2.29. The van der Waals surface area contributed by atoms with Gasteiger partial charge in [-0.25, -0.2) is 0 Å². The molecule has 110 valence electrons. The summed E-state index contributed by atoms with van der Waals surface area (Å²) >= 11 is 0. The molecular formula is C14H32N2O2. The fraction of sp³-hybridized carbons (Fsp3) is 1.00. The lowest BCUT2D eigenvalue weighted by atomic mass is 9.97. The van der Waals surface area contributed by atoms with Gasteiger partial charge in [-0.05, 0) is 33.4 Å². The van der Waals surface area contributed by atoms with Crippen LogP contribution in [0.5, 0.6) is 0 Å². The van der Waals surface area contributed by atoms with Crippen LogP contribution in [0.4, 0.5) is 0 Å². The Morgan fingerprint density at radius 2 is 1.89 bits per heavy atom. The Morgan fingerprint density at radius 3 is 2.33 bits per heavy atom. The minimum Gasteiger partial charge on any atom is -0.383 e. The van der Waals surface area contributed by atoms with Gasteiger partial charge in [0.2, 0.25) is 0 Å². The minimum absolute atomic E-state index is 0.157. The minimum atomic E-state index is -0.157. The molecule has 0 saturated heterocycles. The lowest BCUT2D eigenvalue weighted by molar-refractivity contribution is -0.0209. The van der Waals surface area contributed by atoms with Crippen LogP contribution in [0.1, 0.15) is 34.1 Å². The van der Waals surface area contributed by atoms with Gasteiger partial charge in [0.25, 0.3) is 0 Å². The van der Waals surface area contributed by atoms with Gasteiger partial charge in [-0.1, -0.05) is 13.8 Å². The van der Waals surface area contributed by atoms with Crippen molar-refractivity contribution in [3.05, 3.63) is 0 Å². The van der Waals surface area contributed by atoms with Crippen LogP contribution in [0.2, 0.25) is 0 Å². The Labute approximate surface area is 113 Å². The molecule has 0 amide bonds. The zero-order valence-electron chi connectivity index (χ0n) is 13.1. The first kappa shape index (κ1) is 17.8. The van der Waals surface area contributed by atoms with Crippen molar-refractivity contribution in [1.82, 2.24) is 10.2 Å². The van der Waals surface area contributed by atoms with Crippen LogP contribution in [0.3, 0.4) is 0 Å². The van der Waals surface area contributed by atoms with E-state index < -0.39 is 0 Å². The molecule has 0 radical (unpaired) electrons. The van der Waals surface area contributed by atoms with Gasteiger partial charge in [-0.3, -0.25) is 4.90 Å². The van der Waals surface area contributed by atoms with Gasteiger partial charge in [0.15, 0.2) is 0 Å². The van der Waals surface area contributed by atoms with E-state index in [1.165, 1.54) is 0 Å². The van der Waals surface area contributed by atoms with Crippen LogP contribution in [0.15, 0.2) is 0 Å². The molecule has 1 N–H and O–H groups in total. The number of likely N-dealkylation sites (N-methyl/N-ethyl adjacent to an activating group) is 1. The Morgan fingerprint density at radius 1 is 1.22 bits per heavy atom. The summed E-state index contributed by atoms with van der Waals surface area (Å²) < 4.78 is 10.8. The molecule has 0 aliphatic carbocycles. The molecule has 18 heavy (non-hydrogen) atoms. The first-order valence-electron chi connectivity index (χ1n) is 7.01. The topological polar surface area (TPSA) is 33.7 Å². The molecule has 0 aromatic carbocycles. The van der Waals surface area contributed by atoms with Gasteiger partial charge in [0.1, 0.15) is 0 Å². The Balaban J connectivity index is 4.44. The van der Waals surface area contributed by atoms with E-state index in [0.717, 1.165) is 39.2 Å². The molecule has 0 aromatic heterocycles. The number of methoxy groups -OCH3 is 2. The molecule has 0 aliphatic heterocycles. The Kier molecular flexibility index (Phi) is 9.64. The fourth-order valence-corrected chi connectivity index (χ4v) is 1.85. The standard InChI is InChI=1S/C14H32N2O2/c1-7-9-15-13(14(3,4)18-6)12-16(8-2)10-11-17-5/h13,15H,7-12H2,1-6H3. The van der Waals surface area contributed by atoms with Gasteiger partial charge < -0.3 is 14.8 Å². The second-order valence-corrected chi connectivity index (χ2v) is 5.20. The third kappa shape index (κ3) is 6.69. The summed E-state index contributed by atoms with van der Waals surface area (Å²) in [6.45, 7) is 13.5. The lowest BCUT2D eigenvalue weighted by Crippen LogP contribution is -2.54. The van der Waals surface area contributed by atoms with Crippen molar-refractivity contribution in [2.24, 2.45) is 0 Å². The van der Waals surface area contributed by atoms with Gasteiger partial charge >= 0.3 is 0 Å². The highest BCUT2D eigenvalue weighted by Crippen LogP contribution is 2.15. The molecule has 0 aliphatic rings. The predicted molar refractivity (Wildman–Crippen MR) is 77.2 cm³/mol. The van der Waals surface area contributed by atoms with E-state index in [9.17, 15) is 0 Å². The molecule has 0 fully saturated rings. The van der Waals surface area contributed by atoms with E-state index in [1.54, 1.807) is 14.2 Å². The second kappa shape index (κ2) is 9.73. The van der Waals surface area contributed by atoms with Crippen LogP contribution in [-0.4, -0.2) is 63.5 Å². The summed E-state index contributed by atoms with van der Waals surface area (Å²) in [5, 5.41) is 3.59. The summed E-state index contributed by atoms with van der Waals surface area (Å²) in [4.78, 5) is 2.40. The molecule has 1 atom stereocenters. The maximum Gasteiger partial charge on any atom is 0.0787 e.